The van der Waals surface area contributed by atoms with Crippen molar-refractivity contribution in [2.24, 2.45) is 7.05 Å². The zero-order valence-corrected chi connectivity index (χ0v) is 19.3. The van der Waals surface area contributed by atoms with Crippen molar-refractivity contribution in [3.63, 3.8) is 0 Å². The van der Waals surface area contributed by atoms with Crippen LogP contribution >= 0.6 is 0 Å². The van der Waals surface area contributed by atoms with Gasteiger partial charge in [0, 0.05) is 18.8 Å². The van der Waals surface area contributed by atoms with Gasteiger partial charge in [0.15, 0.2) is 0 Å². The van der Waals surface area contributed by atoms with E-state index in [0.29, 0.717) is 5.56 Å². The topological polar surface area (TPSA) is 111 Å². The van der Waals surface area contributed by atoms with Gasteiger partial charge in [-0.25, -0.2) is 4.98 Å². The Morgan fingerprint density at radius 2 is 1.93 bits per heavy atom. The Morgan fingerprint density at radius 3 is 2.50 bits per heavy atom. The highest BCUT2D eigenvalue weighted by molar-refractivity contribution is 6.83. The van der Waals surface area contributed by atoms with Gasteiger partial charge in [0.25, 0.3) is 11.5 Å². The highest BCUT2D eigenvalue weighted by Crippen LogP contribution is 2.25. The van der Waals surface area contributed by atoms with Crippen LogP contribution in [0.4, 0.5) is 0 Å². The van der Waals surface area contributed by atoms with Crippen LogP contribution in [0, 0.1) is 11.5 Å². The number of hydrogen-bond donors (Lipinski definition) is 2. The summed E-state index contributed by atoms with van der Waals surface area (Å²) in [5.74, 6) is 1.01. The van der Waals surface area contributed by atoms with E-state index in [9.17, 15) is 19.5 Å². The molecule has 9 heteroatoms. The van der Waals surface area contributed by atoms with Crippen LogP contribution in [0.5, 0.6) is 5.75 Å². The van der Waals surface area contributed by atoms with Crippen LogP contribution in [0.2, 0.25) is 19.6 Å². The van der Waals surface area contributed by atoms with E-state index in [2.05, 4.69) is 41.4 Å². The molecule has 160 valence electrons. The number of aromatic nitrogens is 2. The lowest BCUT2D eigenvalue weighted by Gasteiger charge is -2.19. The number of pyridine rings is 2. The summed E-state index contributed by atoms with van der Waals surface area (Å²) in [6, 6.07) is 1.59. The van der Waals surface area contributed by atoms with Gasteiger partial charge < -0.3 is 15.2 Å². The molecule has 0 spiro atoms. The first kappa shape index (κ1) is 23.2. The molecular weight excluding hydrogens is 402 g/mol. The molecule has 30 heavy (non-hydrogen) atoms. The smallest absolute Gasteiger partial charge is 0.325 e. The first-order chi connectivity index (χ1) is 13.7. The third-order valence-electron chi connectivity index (χ3n) is 3.82. The number of ether oxygens (including phenoxy) is 1. The summed E-state index contributed by atoms with van der Waals surface area (Å²) in [6.45, 7) is 11.0. The molecule has 2 aromatic rings. The second-order valence-electron chi connectivity index (χ2n) is 8.95. The summed E-state index contributed by atoms with van der Waals surface area (Å²) in [5, 5.41) is 13.2. The van der Waals surface area contributed by atoms with E-state index in [1.807, 2.05) is 0 Å². The van der Waals surface area contributed by atoms with E-state index in [1.54, 1.807) is 26.8 Å². The Labute approximate surface area is 176 Å². The number of hydrogen-bond acceptors (Lipinski definition) is 6. The standard InChI is InChI=1S/C21H27N3O5Si/c1-21(2,3)29-15(25)12-23-19(27)16-17(26)14-10-13(8-9-30(5,6)7)11-22-18(14)24(4)20(16)28/h10-11,26H,12H2,1-7H3,(H,23,27). The minimum absolute atomic E-state index is 0.222. The van der Waals surface area contributed by atoms with Crippen LogP contribution < -0.4 is 10.9 Å². The van der Waals surface area contributed by atoms with Gasteiger partial charge in [-0.3, -0.25) is 19.0 Å². The minimum atomic E-state index is -1.62. The van der Waals surface area contributed by atoms with E-state index in [4.69, 9.17) is 4.74 Å². The number of fused-ring (bicyclic) bond motifs is 1. The third kappa shape index (κ3) is 5.70. The summed E-state index contributed by atoms with van der Waals surface area (Å²) < 4.78 is 6.30. The second kappa shape index (κ2) is 8.32. The molecule has 0 aromatic carbocycles. The molecule has 2 N–H and O–H groups in total. The number of rotatable bonds is 3. The Bertz CT molecular complexity index is 1130. The van der Waals surface area contributed by atoms with Crippen molar-refractivity contribution < 1.29 is 19.4 Å². The molecule has 0 atom stereocenters. The van der Waals surface area contributed by atoms with Crippen molar-refractivity contribution in [2.75, 3.05) is 6.54 Å². The minimum Gasteiger partial charge on any atom is -0.506 e. The zero-order valence-electron chi connectivity index (χ0n) is 18.3. The monoisotopic (exact) mass is 429 g/mol. The lowest BCUT2D eigenvalue weighted by atomic mass is 10.1. The van der Waals surface area contributed by atoms with Gasteiger partial charge in [-0.15, -0.1) is 5.54 Å². The van der Waals surface area contributed by atoms with Crippen LogP contribution in [0.25, 0.3) is 11.0 Å². The van der Waals surface area contributed by atoms with Crippen LogP contribution in [-0.2, 0) is 16.6 Å². The van der Waals surface area contributed by atoms with Gasteiger partial charge in [0.05, 0.1) is 5.39 Å². The average Bonchev–Trinajstić information content (AvgIpc) is 2.61. The highest BCUT2D eigenvalue weighted by Gasteiger charge is 2.23. The molecule has 8 nitrogen and oxygen atoms in total. The first-order valence-corrected chi connectivity index (χ1v) is 12.9. The molecule has 0 radical (unpaired) electrons. The predicted octanol–water partition coefficient (Wildman–Crippen LogP) is 1.94. The van der Waals surface area contributed by atoms with Crippen LogP contribution in [0.3, 0.4) is 0 Å². The Balaban J connectivity index is 2.44. The van der Waals surface area contributed by atoms with Crippen molar-refractivity contribution in [2.45, 2.75) is 46.0 Å². The molecule has 0 aliphatic carbocycles. The Kier molecular flexibility index (Phi) is 6.42. The molecule has 1 amide bonds. The fourth-order valence-corrected chi connectivity index (χ4v) is 3.07. The van der Waals surface area contributed by atoms with Crippen LogP contribution in [0.1, 0.15) is 36.7 Å². The number of nitrogens with zero attached hydrogens (tertiary/aromatic N) is 2. The van der Waals surface area contributed by atoms with Crippen LogP contribution in [0.15, 0.2) is 17.1 Å². The van der Waals surface area contributed by atoms with Gasteiger partial charge in [0.2, 0.25) is 0 Å². The maximum Gasteiger partial charge on any atom is 0.325 e. The number of carbonyl (C=O) groups is 2. The SMILES string of the molecule is Cn1c(=O)c(C(=O)NCC(=O)OC(C)(C)C)c(O)c2cc(C#C[Si](C)(C)C)cnc21. The third-order valence-corrected chi connectivity index (χ3v) is 4.69. The summed E-state index contributed by atoms with van der Waals surface area (Å²) in [5.41, 5.74) is 2.10. The van der Waals surface area contributed by atoms with Gasteiger partial charge >= 0.3 is 5.97 Å². The predicted molar refractivity (Wildman–Crippen MR) is 117 cm³/mol. The van der Waals surface area contributed by atoms with E-state index in [0.717, 1.165) is 0 Å². The number of aromatic hydroxyl groups is 1. The van der Waals surface area contributed by atoms with Gasteiger partial charge in [-0.1, -0.05) is 25.6 Å². The fourth-order valence-electron chi connectivity index (χ4n) is 2.55. The van der Waals surface area contributed by atoms with Crippen molar-refractivity contribution in [3.05, 3.63) is 33.7 Å². The lowest BCUT2D eigenvalue weighted by Crippen LogP contribution is -2.37. The maximum atomic E-state index is 12.6. The molecule has 0 saturated carbocycles. The number of amides is 1. The molecule has 2 rings (SSSR count). The zero-order chi connectivity index (χ0) is 22.9. The molecule has 0 aliphatic rings. The molecule has 0 fully saturated rings. The number of nitrogens with one attached hydrogen (secondary N) is 1. The highest BCUT2D eigenvalue weighted by atomic mass is 28.3. The molecule has 0 unspecified atom stereocenters. The van der Waals surface area contributed by atoms with Crippen molar-refractivity contribution >= 4 is 31.0 Å². The normalized spacial score (nSPS) is 11.6. The van der Waals surface area contributed by atoms with E-state index in [-0.39, 0.29) is 11.0 Å². The van der Waals surface area contributed by atoms with Crippen LogP contribution in [-0.4, -0.2) is 46.8 Å². The number of esters is 1. The largest absolute Gasteiger partial charge is 0.506 e. The molecule has 0 saturated heterocycles. The van der Waals surface area contributed by atoms with E-state index in [1.165, 1.54) is 17.8 Å². The molecule has 2 heterocycles. The number of aryl methyl sites for hydroxylation is 1. The second-order valence-corrected chi connectivity index (χ2v) is 13.7. The Morgan fingerprint density at radius 1 is 1.30 bits per heavy atom. The number of carbonyl (C=O) groups excluding carboxylic acids is 2. The van der Waals surface area contributed by atoms with E-state index >= 15 is 0 Å². The van der Waals surface area contributed by atoms with Gasteiger partial charge in [-0.05, 0) is 26.8 Å². The van der Waals surface area contributed by atoms with Gasteiger partial charge in [-0.2, -0.15) is 0 Å². The molecular formula is C21H27N3O5Si. The van der Waals surface area contributed by atoms with Crippen molar-refractivity contribution in [3.8, 4) is 17.2 Å². The lowest BCUT2D eigenvalue weighted by molar-refractivity contribution is -0.153. The van der Waals surface area contributed by atoms with Gasteiger partial charge in [0.1, 0.15) is 37.2 Å². The molecule has 0 bridgehead atoms. The Hall–Kier alpha value is -3.12. The summed E-state index contributed by atoms with van der Waals surface area (Å²) in [4.78, 5) is 41.2. The first-order valence-electron chi connectivity index (χ1n) is 9.44. The molecule has 2 aromatic heterocycles. The average molecular weight is 430 g/mol. The maximum absolute atomic E-state index is 12.6. The molecule has 0 aliphatic heterocycles. The van der Waals surface area contributed by atoms with Crippen molar-refractivity contribution in [1.82, 2.24) is 14.9 Å². The summed E-state index contributed by atoms with van der Waals surface area (Å²) >= 11 is 0. The fraction of sp³-hybridized carbons (Fsp3) is 0.429. The van der Waals surface area contributed by atoms with Crippen molar-refractivity contribution in [1.29, 1.82) is 0 Å². The summed E-state index contributed by atoms with van der Waals surface area (Å²) in [7, 11) is -0.169. The van der Waals surface area contributed by atoms with E-state index < -0.39 is 49.0 Å². The summed E-state index contributed by atoms with van der Waals surface area (Å²) in [6.07, 6.45) is 1.52. The quantitative estimate of drug-likeness (QED) is 0.438.